The molecule has 7 nitrogen and oxygen atoms in total. The van der Waals surface area contributed by atoms with Gasteiger partial charge in [0.25, 0.3) is 0 Å². The van der Waals surface area contributed by atoms with Crippen molar-refractivity contribution in [3.05, 3.63) is 35.6 Å². The van der Waals surface area contributed by atoms with Gasteiger partial charge in [0, 0.05) is 45.0 Å². The topological polar surface area (TPSA) is 71.2 Å². The molecule has 0 spiro atoms. The highest BCUT2D eigenvalue weighted by molar-refractivity contribution is 5.01. The normalized spacial score (nSPS) is 19.2. The van der Waals surface area contributed by atoms with Crippen molar-refractivity contribution in [1.82, 2.24) is 30.0 Å². The molecule has 0 radical (unpaired) electrons. The molecule has 0 bridgehead atoms. The molecule has 22 heavy (non-hydrogen) atoms. The molecule has 1 saturated heterocycles. The van der Waals surface area contributed by atoms with Crippen molar-refractivity contribution in [2.45, 2.75) is 39.4 Å². The van der Waals surface area contributed by atoms with Gasteiger partial charge in [0.05, 0.1) is 17.9 Å². The second-order valence-electron chi connectivity index (χ2n) is 5.96. The standard InChI is InChI=1S/C15H22N6O/c1-11-6-17-13(7-16-11)8-21-5-4-14(9-21)20(3)10-15-19-18-12(2)22-15/h6-7,14H,4-5,8-10H2,1-3H3/t14-/m0/s1. The van der Waals surface area contributed by atoms with Crippen molar-refractivity contribution < 1.29 is 4.42 Å². The van der Waals surface area contributed by atoms with Gasteiger partial charge in [0.15, 0.2) is 0 Å². The van der Waals surface area contributed by atoms with Crippen molar-refractivity contribution in [3.8, 4) is 0 Å². The lowest BCUT2D eigenvalue weighted by Crippen LogP contribution is -2.34. The molecule has 1 aliphatic rings. The Morgan fingerprint density at radius 2 is 2.14 bits per heavy atom. The first-order chi connectivity index (χ1) is 10.6. The van der Waals surface area contributed by atoms with Crippen LogP contribution < -0.4 is 0 Å². The van der Waals surface area contributed by atoms with E-state index in [0.29, 0.717) is 24.4 Å². The lowest BCUT2D eigenvalue weighted by atomic mass is 10.2. The first-order valence-corrected chi connectivity index (χ1v) is 7.59. The zero-order valence-electron chi connectivity index (χ0n) is 13.4. The maximum absolute atomic E-state index is 5.45. The maximum Gasteiger partial charge on any atom is 0.230 e. The van der Waals surface area contributed by atoms with Gasteiger partial charge in [0.2, 0.25) is 11.8 Å². The predicted octanol–water partition coefficient (Wildman–Crippen LogP) is 1.18. The summed E-state index contributed by atoms with van der Waals surface area (Å²) < 4.78 is 5.45. The van der Waals surface area contributed by atoms with E-state index in [0.717, 1.165) is 37.4 Å². The minimum Gasteiger partial charge on any atom is -0.424 e. The molecule has 0 aromatic carbocycles. The Morgan fingerprint density at radius 3 is 2.82 bits per heavy atom. The molecule has 7 heteroatoms. The van der Waals surface area contributed by atoms with Crippen LogP contribution in [0, 0.1) is 13.8 Å². The number of hydrogen-bond acceptors (Lipinski definition) is 7. The van der Waals surface area contributed by atoms with E-state index in [2.05, 4.69) is 37.0 Å². The number of hydrogen-bond donors (Lipinski definition) is 0. The summed E-state index contributed by atoms with van der Waals surface area (Å²) in [6, 6.07) is 0.505. The minimum atomic E-state index is 0.505. The van der Waals surface area contributed by atoms with E-state index in [1.54, 1.807) is 0 Å². The quantitative estimate of drug-likeness (QED) is 0.821. The highest BCUT2D eigenvalue weighted by atomic mass is 16.4. The molecule has 0 unspecified atom stereocenters. The molecule has 0 aliphatic carbocycles. The van der Waals surface area contributed by atoms with E-state index in [1.165, 1.54) is 0 Å². The van der Waals surface area contributed by atoms with Gasteiger partial charge >= 0.3 is 0 Å². The van der Waals surface area contributed by atoms with E-state index in [4.69, 9.17) is 4.42 Å². The van der Waals surface area contributed by atoms with Crippen LogP contribution in [0.25, 0.3) is 0 Å². The Hall–Kier alpha value is -1.86. The summed E-state index contributed by atoms with van der Waals surface area (Å²) in [6.45, 7) is 7.43. The predicted molar refractivity (Wildman–Crippen MR) is 81.0 cm³/mol. The van der Waals surface area contributed by atoms with Crippen molar-refractivity contribution in [3.63, 3.8) is 0 Å². The molecule has 0 amide bonds. The summed E-state index contributed by atoms with van der Waals surface area (Å²) in [7, 11) is 2.11. The molecule has 118 valence electrons. The fraction of sp³-hybridized carbons (Fsp3) is 0.600. The van der Waals surface area contributed by atoms with Crippen LogP contribution >= 0.6 is 0 Å². The van der Waals surface area contributed by atoms with Gasteiger partial charge in [0.1, 0.15) is 0 Å². The SMILES string of the molecule is Cc1cnc(CN2CC[C@H](N(C)Cc3nnc(C)o3)C2)cn1. The van der Waals surface area contributed by atoms with Crippen LogP contribution in [0.5, 0.6) is 0 Å². The van der Waals surface area contributed by atoms with Crippen molar-refractivity contribution >= 4 is 0 Å². The Morgan fingerprint density at radius 1 is 1.27 bits per heavy atom. The first kappa shape index (κ1) is 15.1. The van der Waals surface area contributed by atoms with Crippen LogP contribution in [-0.2, 0) is 13.1 Å². The number of aromatic nitrogens is 4. The summed E-state index contributed by atoms with van der Waals surface area (Å²) in [5.41, 5.74) is 1.99. The second-order valence-corrected chi connectivity index (χ2v) is 5.96. The van der Waals surface area contributed by atoms with Crippen molar-refractivity contribution in [2.24, 2.45) is 0 Å². The largest absolute Gasteiger partial charge is 0.424 e. The molecule has 1 atom stereocenters. The smallest absolute Gasteiger partial charge is 0.230 e. The third-order valence-electron chi connectivity index (χ3n) is 4.04. The second kappa shape index (κ2) is 6.50. The van der Waals surface area contributed by atoms with E-state index in [1.807, 2.05) is 26.2 Å². The third-order valence-corrected chi connectivity index (χ3v) is 4.04. The Labute approximate surface area is 130 Å². The number of nitrogens with zero attached hydrogens (tertiary/aromatic N) is 6. The zero-order chi connectivity index (χ0) is 15.5. The summed E-state index contributed by atoms with van der Waals surface area (Å²) in [6.07, 6.45) is 4.84. The summed E-state index contributed by atoms with van der Waals surface area (Å²) in [4.78, 5) is 13.4. The highest BCUT2D eigenvalue weighted by Crippen LogP contribution is 2.18. The molecule has 1 fully saturated rings. The molecule has 1 aliphatic heterocycles. The highest BCUT2D eigenvalue weighted by Gasteiger charge is 2.26. The molecule has 3 rings (SSSR count). The van der Waals surface area contributed by atoms with Crippen LogP contribution in [0.2, 0.25) is 0 Å². The molecule has 2 aromatic rings. The number of rotatable bonds is 5. The number of likely N-dealkylation sites (tertiary alicyclic amines) is 1. The van der Waals surface area contributed by atoms with Crippen LogP contribution in [0.3, 0.4) is 0 Å². The number of likely N-dealkylation sites (N-methyl/N-ethyl adjacent to an activating group) is 1. The first-order valence-electron chi connectivity index (χ1n) is 7.59. The lowest BCUT2D eigenvalue weighted by molar-refractivity contribution is 0.204. The van der Waals surface area contributed by atoms with E-state index >= 15 is 0 Å². The third kappa shape index (κ3) is 3.66. The Bertz CT molecular complexity index is 611. The van der Waals surface area contributed by atoms with Gasteiger partial charge in [-0.2, -0.15) is 0 Å². The summed E-state index contributed by atoms with van der Waals surface area (Å²) in [5.74, 6) is 1.30. The van der Waals surface area contributed by atoms with Crippen LogP contribution in [0.15, 0.2) is 16.8 Å². The maximum atomic E-state index is 5.45. The monoisotopic (exact) mass is 302 g/mol. The molecule has 0 saturated carbocycles. The number of aryl methyl sites for hydroxylation is 2. The molecule has 0 N–H and O–H groups in total. The fourth-order valence-corrected chi connectivity index (χ4v) is 2.79. The molecular weight excluding hydrogens is 280 g/mol. The van der Waals surface area contributed by atoms with Crippen molar-refractivity contribution in [1.29, 1.82) is 0 Å². The molecule has 2 aromatic heterocycles. The fourth-order valence-electron chi connectivity index (χ4n) is 2.79. The van der Waals surface area contributed by atoms with Gasteiger partial charge in [-0.25, -0.2) is 0 Å². The minimum absolute atomic E-state index is 0.505. The van der Waals surface area contributed by atoms with E-state index < -0.39 is 0 Å². The van der Waals surface area contributed by atoms with Gasteiger partial charge < -0.3 is 4.42 Å². The van der Waals surface area contributed by atoms with Crippen LogP contribution in [0.1, 0.15) is 29.6 Å². The van der Waals surface area contributed by atoms with Gasteiger partial charge in [-0.3, -0.25) is 19.8 Å². The van der Waals surface area contributed by atoms with Gasteiger partial charge in [-0.15, -0.1) is 10.2 Å². The van der Waals surface area contributed by atoms with Gasteiger partial charge in [-0.1, -0.05) is 0 Å². The zero-order valence-corrected chi connectivity index (χ0v) is 13.4. The summed E-state index contributed by atoms with van der Waals surface area (Å²) >= 11 is 0. The molecular formula is C15H22N6O. The van der Waals surface area contributed by atoms with E-state index in [-0.39, 0.29) is 0 Å². The van der Waals surface area contributed by atoms with Crippen LogP contribution in [-0.4, -0.2) is 56.1 Å². The van der Waals surface area contributed by atoms with Crippen LogP contribution in [0.4, 0.5) is 0 Å². The molecule has 3 heterocycles. The Balaban J connectivity index is 1.52. The lowest BCUT2D eigenvalue weighted by Gasteiger charge is -2.23. The van der Waals surface area contributed by atoms with Crippen molar-refractivity contribution in [2.75, 3.05) is 20.1 Å². The average molecular weight is 302 g/mol. The van der Waals surface area contributed by atoms with E-state index in [9.17, 15) is 0 Å². The van der Waals surface area contributed by atoms with Gasteiger partial charge in [-0.05, 0) is 20.4 Å². The summed E-state index contributed by atoms with van der Waals surface area (Å²) in [5, 5.41) is 7.94. The average Bonchev–Trinajstić information content (AvgIpc) is 3.11. The Kier molecular flexibility index (Phi) is 4.44.